The Balaban J connectivity index is 1.42. The summed E-state index contributed by atoms with van der Waals surface area (Å²) in [5.41, 5.74) is 1.07. The molecular formula is C19H17ClN4OS. The highest BCUT2D eigenvalue weighted by Crippen LogP contribution is 2.30. The molecule has 0 spiro atoms. The maximum Gasteiger partial charge on any atom is 0.264 e. The first-order valence-corrected chi connectivity index (χ1v) is 9.56. The summed E-state index contributed by atoms with van der Waals surface area (Å²) < 4.78 is 0. The SMILES string of the molecule is O=C(c1ccc(-c2ccc(Cl)cc2)s1)N1CCN(c2cnccn2)CC1. The van der Waals surface area contributed by atoms with E-state index in [1.807, 2.05) is 41.3 Å². The summed E-state index contributed by atoms with van der Waals surface area (Å²) in [6.45, 7) is 2.90. The molecule has 7 heteroatoms. The number of benzene rings is 1. The van der Waals surface area contributed by atoms with Crippen LogP contribution in [-0.4, -0.2) is 47.0 Å². The van der Waals surface area contributed by atoms with E-state index in [0.717, 1.165) is 34.2 Å². The van der Waals surface area contributed by atoms with Gasteiger partial charge in [0, 0.05) is 48.5 Å². The van der Waals surface area contributed by atoms with Crippen molar-refractivity contribution in [2.24, 2.45) is 0 Å². The predicted molar refractivity (Wildman–Crippen MR) is 105 cm³/mol. The van der Waals surface area contributed by atoms with Crippen LogP contribution in [-0.2, 0) is 0 Å². The van der Waals surface area contributed by atoms with Crippen LogP contribution in [0.4, 0.5) is 5.82 Å². The van der Waals surface area contributed by atoms with Crippen molar-refractivity contribution in [2.45, 2.75) is 0 Å². The highest BCUT2D eigenvalue weighted by atomic mass is 35.5. The van der Waals surface area contributed by atoms with Crippen molar-refractivity contribution >= 4 is 34.7 Å². The number of halogens is 1. The Hall–Kier alpha value is -2.44. The first-order valence-electron chi connectivity index (χ1n) is 8.37. The average molecular weight is 385 g/mol. The monoisotopic (exact) mass is 384 g/mol. The van der Waals surface area contributed by atoms with Crippen molar-refractivity contribution in [3.63, 3.8) is 0 Å². The predicted octanol–water partition coefficient (Wildman–Crippen LogP) is 3.82. The maximum absolute atomic E-state index is 12.8. The lowest BCUT2D eigenvalue weighted by atomic mass is 10.2. The first kappa shape index (κ1) is 17.0. The van der Waals surface area contributed by atoms with E-state index >= 15 is 0 Å². The lowest BCUT2D eigenvalue weighted by Gasteiger charge is -2.35. The number of amides is 1. The summed E-state index contributed by atoms with van der Waals surface area (Å²) in [5, 5.41) is 0.711. The van der Waals surface area contributed by atoms with Gasteiger partial charge in [-0.2, -0.15) is 0 Å². The van der Waals surface area contributed by atoms with E-state index in [9.17, 15) is 4.79 Å². The number of carbonyl (C=O) groups excluding carboxylic acids is 1. The second-order valence-corrected chi connectivity index (χ2v) is 7.53. The molecule has 4 rings (SSSR count). The Labute approximate surface area is 160 Å². The lowest BCUT2D eigenvalue weighted by Crippen LogP contribution is -2.48. The molecule has 1 aliphatic rings. The van der Waals surface area contributed by atoms with Crippen LogP contribution >= 0.6 is 22.9 Å². The van der Waals surface area contributed by atoms with Crippen LogP contribution in [0.1, 0.15) is 9.67 Å². The third-order valence-electron chi connectivity index (χ3n) is 4.39. The minimum absolute atomic E-state index is 0.0917. The summed E-state index contributed by atoms with van der Waals surface area (Å²) in [6, 6.07) is 11.6. The van der Waals surface area contributed by atoms with Crippen LogP contribution in [0.2, 0.25) is 5.02 Å². The summed E-state index contributed by atoms with van der Waals surface area (Å²) in [5.74, 6) is 0.953. The lowest BCUT2D eigenvalue weighted by molar-refractivity contribution is 0.0751. The standard InChI is InChI=1S/C19H17ClN4OS/c20-15-3-1-14(2-4-15)16-5-6-17(26-16)19(25)24-11-9-23(10-12-24)18-13-21-7-8-22-18/h1-8,13H,9-12H2. The molecular weight excluding hydrogens is 368 g/mol. The van der Waals surface area contributed by atoms with Crippen LogP contribution in [0, 0.1) is 0 Å². The van der Waals surface area contributed by atoms with Gasteiger partial charge in [-0.25, -0.2) is 4.98 Å². The highest BCUT2D eigenvalue weighted by molar-refractivity contribution is 7.17. The molecule has 3 aromatic rings. The molecule has 0 aliphatic carbocycles. The minimum atomic E-state index is 0.0917. The molecule has 0 saturated carbocycles. The minimum Gasteiger partial charge on any atom is -0.352 e. The van der Waals surface area contributed by atoms with Crippen molar-refractivity contribution in [3.05, 3.63) is 64.9 Å². The maximum atomic E-state index is 12.8. The molecule has 1 aromatic carbocycles. The van der Waals surface area contributed by atoms with E-state index in [4.69, 9.17) is 11.6 Å². The van der Waals surface area contributed by atoms with Crippen LogP contribution in [0.25, 0.3) is 10.4 Å². The van der Waals surface area contributed by atoms with Gasteiger partial charge in [0.25, 0.3) is 5.91 Å². The van der Waals surface area contributed by atoms with Crippen molar-refractivity contribution in [3.8, 4) is 10.4 Å². The average Bonchev–Trinajstić information content (AvgIpc) is 3.19. The van der Waals surface area contributed by atoms with E-state index < -0.39 is 0 Å². The molecule has 1 saturated heterocycles. The molecule has 1 aliphatic heterocycles. The molecule has 0 atom stereocenters. The molecule has 2 aromatic heterocycles. The topological polar surface area (TPSA) is 49.3 Å². The van der Waals surface area contributed by atoms with Crippen molar-refractivity contribution < 1.29 is 4.79 Å². The van der Waals surface area contributed by atoms with Gasteiger partial charge in [-0.15, -0.1) is 11.3 Å². The van der Waals surface area contributed by atoms with E-state index in [1.54, 1.807) is 18.6 Å². The van der Waals surface area contributed by atoms with Crippen molar-refractivity contribution in [2.75, 3.05) is 31.1 Å². The fourth-order valence-electron chi connectivity index (χ4n) is 2.97. The van der Waals surface area contributed by atoms with Gasteiger partial charge in [-0.1, -0.05) is 23.7 Å². The zero-order chi connectivity index (χ0) is 17.9. The number of hydrogen-bond donors (Lipinski definition) is 0. The second-order valence-electron chi connectivity index (χ2n) is 6.01. The Bertz CT molecular complexity index is 889. The number of anilines is 1. The number of aromatic nitrogens is 2. The van der Waals surface area contributed by atoms with E-state index in [-0.39, 0.29) is 5.91 Å². The molecule has 0 radical (unpaired) electrons. The molecule has 0 unspecified atom stereocenters. The molecule has 26 heavy (non-hydrogen) atoms. The van der Waals surface area contributed by atoms with Crippen LogP contribution in [0.15, 0.2) is 55.0 Å². The molecule has 132 valence electrons. The van der Waals surface area contributed by atoms with Gasteiger partial charge < -0.3 is 9.80 Å². The van der Waals surface area contributed by atoms with Crippen LogP contribution in [0.3, 0.4) is 0 Å². The van der Waals surface area contributed by atoms with Crippen LogP contribution in [0.5, 0.6) is 0 Å². The Morgan fingerprint density at radius 2 is 1.77 bits per heavy atom. The number of piperazine rings is 1. The number of nitrogens with zero attached hydrogens (tertiary/aromatic N) is 4. The summed E-state index contributed by atoms with van der Waals surface area (Å²) in [4.78, 5) is 27.1. The van der Waals surface area contributed by atoms with E-state index in [0.29, 0.717) is 18.1 Å². The number of carbonyl (C=O) groups is 1. The summed E-state index contributed by atoms with van der Waals surface area (Å²) in [6.07, 6.45) is 5.12. The summed E-state index contributed by atoms with van der Waals surface area (Å²) in [7, 11) is 0. The van der Waals surface area contributed by atoms with Crippen molar-refractivity contribution in [1.82, 2.24) is 14.9 Å². The van der Waals surface area contributed by atoms with Gasteiger partial charge in [0.2, 0.25) is 0 Å². The van der Waals surface area contributed by atoms with Crippen LogP contribution < -0.4 is 4.90 Å². The smallest absolute Gasteiger partial charge is 0.264 e. The van der Waals surface area contributed by atoms with Gasteiger partial charge in [0.05, 0.1) is 11.1 Å². The normalized spacial score (nSPS) is 14.5. The Morgan fingerprint density at radius 1 is 1.00 bits per heavy atom. The largest absolute Gasteiger partial charge is 0.352 e. The number of thiophene rings is 1. The van der Waals surface area contributed by atoms with Gasteiger partial charge in [0.15, 0.2) is 0 Å². The molecule has 0 N–H and O–H groups in total. The third-order valence-corrected chi connectivity index (χ3v) is 5.76. The fourth-order valence-corrected chi connectivity index (χ4v) is 4.08. The van der Waals surface area contributed by atoms with Gasteiger partial charge in [0.1, 0.15) is 5.82 Å². The molecule has 5 nitrogen and oxygen atoms in total. The van der Waals surface area contributed by atoms with Crippen molar-refractivity contribution in [1.29, 1.82) is 0 Å². The molecule has 1 amide bonds. The molecule has 1 fully saturated rings. The number of hydrogen-bond acceptors (Lipinski definition) is 5. The fraction of sp³-hybridized carbons (Fsp3) is 0.211. The summed E-state index contributed by atoms with van der Waals surface area (Å²) >= 11 is 7.46. The van der Waals surface area contributed by atoms with Gasteiger partial charge >= 0.3 is 0 Å². The van der Waals surface area contributed by atoms with Gasteiger partial charge in [-0.05, 0) is 29.8 Å². The van der Waals surface area contributed by atoms with E-state index in [1.165, 1.54) is 11.3 Å². The first-order chi connectivity index (χ1) is 12.7. The third kappa shape index (κ3) is 3.57. The van der Waals surface area contributed by atoms with E-state index in [2.05, 4.69) is 14.9 Å². The highest BCUT2D eigenvalue weighted by Gasteiger charge is 2.24. The Kier molecular flexibility index (Phi) is 4.86. The molecule has 3 heterocycles. The number of rotatable bonds is 3. The molecule has 0 bridgehead atoms. The quantitative estimate of drug-likeness (QED) is 0.688. The zero-order valence-electron chi connectivity index (χ0n) is 14.0. The Morgan fingerprint density at radius 3 is 2.46 bits per heavy atom. The second kappa shape index (κ2) is 7.43. The zero-order valence-corrected chi connectivity index (χ0v) is 15.6. The van der Waals surface area contributed by atoms with Gasteiger partial charge in [-0.3, -0.25) is 9.78 Å².